The van der Waals surface area contributed by atoms with Gasteiger partial charge in [0.2, 0.25) is 0 Å². The number of nitrogens with zero attached hydrogens (tertiary/aromatic N) is 8. The van der Waals surface area contributed by atoms with E-state index in [1.165, 1.54) is 10.9 Å². The lowest BCUT2D eigenvalue weighted by molar-refractivity contribution is 0.876. The van der Waals surface area contributed by atoms with E-state index < -0.39 is 0 Å². The summed E-state index contributed by atoms with van der Waals surface area (Å²) in [4.78, 5) is 26.8. The van der Waals surface area contributed by atoms with Crippen LogP contribution >= 0.6 is 11.3 Å². The lowest BCUT2D eigenvalue weighted by Crippen LogP contribution is -2.07. The number of aromatic amines is 1. The Balaban J connectivity index is 0.000000144. The highest BCUT2D eigenvalue weighted by molar-refractivity contribution is 7.16. The lowest BCUT2D eigenvalue weighted by atomic mass is 10.0. The van der Waals surface area contributed by atoms with Crippen molar-refractivity contribution in [2.75, 3.05) is 10.6 Å². The van der Waals surface area contributed by atoms with Gasteiger partial charge in [-0.05, 0) is 83.6 Å². The summed E-state index contributed by atoms with van der Waals surface area (Å²) in [7, 11) is 2.06. The highest BCUT2D eigenvalue weighted by Crippen LogP contribution is 2.35. The summed E-state index contributed by atoms with van der Waals surface area (Å²) in [6, 6.07) is 27.5. The maximum absolute atomic E-state index is 4.59. The maximum Gasteiger partial charge on any atom is 0.0966 e. The van der Waals surface area contributed by atoms with Gasteiger partial charge in [0.25, 0.3) is 0 Å². The zero-order chi connectivity index (χ0) is 37.1. The van der Waals surface area contributed by atoms with Crippen LogP contribution < -0.4 is 10.6 Å². The Morgan fingerprint density at radius 2 is 1.47 bits per heavy atom. The van der Waals surface area contributed by atoms with Gasteiger partial charge in [-0.15, -0.1) is 11.3 Å². The van der Waals surface area contributed by atoms with Crippen molar-refractivity contribution in [2.24, 2.45) is 7.05 Å². The fourth-order valence-corrected chi connectivity index (χ4v) is 7.49. The number of hydrogen-bond donors (Lipinski definition) is 3. The number of fused-ring (bicyclic) bond motifs is 4. The van der Waals surface area contributed by atoms with Crippen molar-refractivity contribution in [1.82, 2.24) is 44.7 Å². The van der Waals surface area contributed by atoms with Gasteiger partial charge in [-0.3, -0.25) is 30.0 Å². The SMILES string of the molecule is CC(Nc1cc(-c2ccc3ncsc3c2)c2nccnc2c1)c1cccnc1.Cn1ccc2ccc(-c3cc(NCc4cn[nH]c4)cc4nccnc34)cc21. The number of hydrogen-bond acceptors (Lipinski definition) is 10. The second-order valence-corrected chi connectivity index (χ2v) is 14.1. The molecule has 1 atom stereocenters. The number of H-pyrrole nitrogens is 1. The molecule has 10 aromatic rings. The molecule has 0 fully saturated rings. The molecule has 6 aromatic heterocycles. The van der Waals surface area contributed by atoms with Crippen molar-refractivity contribution >= 4 is 65.9 Å². The number of nitrogens with one attached hydrogen (secondary N) is 3. The topological polar surface area (TPSA) is 135 Å². The van der Waals surface area contributed by atoms with E-state index in [0.717, 1.165) is 77.0 Å². The lowest BCUT2D eigenvalue weighted by Gasteiger charge is -2.17. The first-order valence-corrected chi connectivity index (χ1v) is 18.7. The second kappa shape index (κ2) is 14.8. The van der Waals surface area contributed by atoms with Crippen LogP contribution in [0.15, 0.2) is 140 Å². The molecule has 0 aliphatic rings. The minimum absolute atomic E-state index is 0.125. The van der Waals surface area contributed by atoms with Gasteiger partial charge in [-0.2, -0.15) is 5.10 Å². The molecule has 1 unspecified atom stereocenters. The molecule has 12 heteroatoms. The zero-order valence-electron chi connectivity index (χ0n) is 30.0. The van der Waals surface area contributed by atoms with Crippen molar-refractivity contribution in [3.05, 3.63) is 151 Å². The summed E-state index contributed by atoms with van der Waals surface area (Å²) in [5.41, 5.74) is 16.2. The van der Waals surface area contributed by atoms with Gasteiger partial charge in [0.05, 0.1) is 50.0 Å². The Morgan fingerprint density at radius 1 is 0.727 bits per heavy atom. The average Bonchev–Trinajstić information content (AvgIpc) is 4.02. The number of aromatic nitrogens is 9. The van der Waals surface area contributed by atoms with E-state index in [1.807, 2.05) is 42.3 Å². The number of rotatable bonds is 8. The summed E-state index contributed by atoms with van der Waals surface area (Å²) in [5.74, 6) is 0. The summed E-state index contributed by atoms with van der Waals surface area (Å²) >= 11 is 1.64. The molecule has 268 valence electrons. The second-order valence-electron chi connectivity index (χ2n) is 13.2. The Hall–Kier alpha value is -7.05. The Bertz CT molecular complexity index is 2900. The quantitative estimate of drug-likeness (QED) is 0.139. The number of pyridine rings is 1. The minimum Gasteiger partial charge on any atom is -0.381 e. The molecule has 0 radical (unpaired) electrons. The summed E-state index contributed by atoms with van der Waals surface area (Å²) < 4.78 is 3.30. The van der Waals surface area contributed by atoms with Crippen LogP contribution in [0.5, 0.6) is 0 Å². The van der Waals surface area contributed by atoms with Crippen molar-refractivity contribution < 1.29 is 0 Å². The molecule has 11 nitrogen and oxygen atoms in total. The molecular formula is C43H35N11S. The molecule has 0 bridgehead atoms. The van der Waals surface area contributed by atoms with E-state index in [-0.39, 0.29) is 6.04 Å². The van der Waals surface area contributed by atoms with E-state index in [2.05, 4.69) is 136 Å². The van der Waals surface area contributed by atoms with Crippen LogP contribution in [0, 0.1) is 0 Å². The molecule has 4 aromatic carbocycles. The first-order valence-electron chi connectivity index (χ1n) is 17.8. The van der Waals surface area contributed by atoms with Crippen LogP contribution in [0.2, 0.25) is 0 Å². The Labute approximate surface area is 320 Å². The van der Waals surface area contributed by atoms with Gasteiger partial charge < -0.3 is 15.2 Å². The van der Waals surface area contributed by atoms with E-state index in [9.17, 15) is 0 Å². The van der Waals surface area contributed by atoms with E-state index in [4.69, 9.17) is 0 Å². The standard InChI is InChI=1S/C22H17N5S.C21H18N6/c1-14(16-3-2-6-23-12-16)27-17-10-18(22-20(11-17)24-7-8-25-22)15-4-5-19-21(9-15)28-13-26-19;1-27-7-4-15-2-3-16(8-20(15)27)18-9-17(24-11-14-12-25-26-13-14)10-19-21(18)23-6-5-22-19/h2-14,27H,1H3;2-10,12-13,24H,11H2,1H3,(H,25,26). The Kier molecular flexibility index (Phi) is 9.06. The molecule has 0 aliphatic heterocycles. The van der Waals surface area contributed by atoms with Crippen molar-refractivity contribution in [1.29, 1.82) is 0 Å². The third-order valence-electron chi connectivity index (χ3n) is 9.61. The number of anilines is 2. The van der Waals surface area contributed by atoms with Crippen LogP contribution in [-0.4, -0.2) is 44.7 Å². The molecule has 0 aliphatic carbocycles. The van der Waals surface area contributed by atoms with E-state index in [1.54, 1.807) is 42.3 Å². The molecule has 0 saturated heterocycles. The van der Waals surface area contributed by atoms with Gasteiger partial charge in [0.1, 0.15) is 0 Å². The van der Waals surface area contributed by atoms with Gasteiger partial charge in [0.15, 0.2) is 0 Å². The molecule has 0 saturated carbocycles. The van der Waals surface area contributed by atoms with Gasteiger partial charge in [0, 0.05) is 96.7 Å². The van der Waals surface area contributed by atoms with Crippen LogP contribution in [0.25, 0.3) is 65.4 Å². The van der Waals surface area contributed by atoms with Crippen molar-refractivity contribution in [3.63, 3.8) is 0 Å². The predicted molar refractivity (Wildman–Crippen MR) is 222 cm³/mol. The maximum atomic E-state index is 4.59. The zero-order valence-corrected chi connectivity index (χ0v) is 30.9. The Morgan fingerprint density at radius 3 is 2.24 bits per heavy atom. The number of aryl methyl sites for hydroxylation is 1. The van der Waals surface area contributed by atoms with Crippen LogP contribution in [0.3, 0.4) is 0 Å². The number of thiazole rings is 1. The molecule has 0 spiro atoms. The summed E-state index contributed by atoms with van der Waals surface area (Å²) in [6.45, 7) is 2.82. The van der Waals surface area contributed by atoms with Crippen LogP contribution in [0.4, 0.5) is 11.4 Å². The van der Waals surface area contributed by atoms with E-state index >= 15 is 0 Å². The van der Waals surface area contributed by atoms with Crippen molar-refractivity contribution in [2.45, 2.75) is 19.5 Å². The fourth-order valence-electron chi connectivity index (χ4n) is 6.77. The average molecular weight is 738 g/mol. The minimum atomic E-state index is 0.125. The highest BCUT2D eigenvalue weighted by Gasteiger charge is 2.13. The van der Waals surface area contributed by atoms with Gasteiger partial charge in [-0.25, -0.2) is 4.98 Å². The largest absolute Gasteiger partial charge is 0.381 e. The molecular weight excluding hydrogens is 703 g/mol. The normalized spacial score (nSPS) is 11.8. The molecule has 0 amide bonds. The monoisotopic (exact) mass is 737 g/mol. The third-order valence-corrected chi connectivity index (χ3v) is 10.4. The van der Waals surface area contributed by atoms with Gasteiger partial charge >= 0.3 is 0 Å². The van der Waals surface area contributed by atoms with Crippen LogP contribution in [0.1, 0.15) is 24.1 Å². The fraction of sp³-hybridized carbons (Fsp3) is 0.0930. The highest BCUT2D eigenvalue weighted by atomic mass is 32.1. The third kappa shape index (κ3) is 7.06. The van der Waals surface area contributed by atoms with Crippen LogP contribution in [-0.2, 0) is 13.6 Å². The summed E-state index contributed by atoms with van der Waals surface area (Å²) in [6.07, 6.45) is 16.4. The molecule has 6 heterocycles. The first kappa shape index (κ1) is 33.8. The predicted octanol–water partition coefficient (Wildman–Crippen LogP) is 9.60. The molecule has 55 heavy (non-hydrogen) atoms. The van der Waals surface area contributed by atoms with E-state index in [0.29, 0.717) is 6.54 Å². The molecule has 10 rings (SSSR count). The smallest absolute Gasteiger partial charge is 0.0966 e. The summed E-state index contributed by atoms with van der Waals surface area (Å²) in [5, 5.41) is 15.1. The molecule has 3 N–H and O–H groups in total. The van der Waals surface area contributed by atoms with Gasteiger partial charge in [-0.1, -0.05) is 24.3 Å². The number of benzene rings is 4. The van der Waals surface area contributed by atoms with Crippen molar-refractivity contribution in [3.8, 4) is 22.3 Å². The first-order chi connectivity index (χ1) is 27.1.